The van der Waals surface area contributed by atoms with Crippen LogP contribution in [0.1, 0.15) is 40.0 Å². The zero-order valence-electron chi connectivity index (χ0n) is 10.7. The highest BCUT2D eigenvalue weighted by molar-refractivity contribution is 9.25. The van der Waals surface area contributed by atoms with Crippen LogP contribution in [0.4, 0.5) is 0 Å². The van der Waals surface area contributed by atoms with E-state index < -0.39 is 16.7 Å². The molecule has 0 spiro atoms. The number of hydrogen-bond donors (Lipinski definition) is 0. The third-order valence-electron chi connectivity index (χ3n) is 2.04. The van der Waals surface area contributed by atoms with Crippen LogP contribution in [-0.4, -0.2) is 16.7 Å². The second kappa shape index (κ2) is 9.15. The van der Waals surface area contributed by atoms with Crippen molar-refractivity contribution < 1.29 is 14.2 Å². The Labute approximate surface area is 165 Å². The highest BCUT2D eigenvalue weighted by Gasteiger charge is 2.37. The fourth-order valence-electron chi connectivity index (χ4n) is 0.745. The Bertz CT molecular complexity index is 229. The van der Waals surface area contributed by atoms with Gasteiger partial charge >= 0.3 is 0 Å². The Balaban J connectivity index is 4.84. The average Bonchev–Trinajstić information content (AvgIpc) is 2.27. The molecular formula is C10H16Br6O3. The van der Waals surface area contributed by atoms with E-state index in [0.717, 1.165) is 0 Å². The summed E-state index contributed by atoms with van der Waals surface area (Å²) in [5.74, 6) is 0. The molecule has 0 bridgehead atoms. The molecule has 9 heteroatoms. The van der Waals surface area contributed by atoms with Crippen LogP contribution < -0.4 is 0 Å². The monoisotopic (exact) mass is 658 g/mol. The van der Waals surface area contributed by atoms with Gasteiger partial charge in [-0.3, -0.25) is 0 Å². The molecule has 3 nitrogen and oxygen atoms in total. The van der Waals surface area contributed by atoms with Gasteiger partial charge in [-0.15, -0.1) is 0 Å². The maximum Gasteiger partial charge on any atom is 0.277 e. The average molecular weight is 664 g/mol. The Hall–Kier alpha value is 2.76. The fraction of sp³-hybridized carbons (Fsp3) is 1.00. The topological polar surface area (TPSA) is 27.7 Å². The van der Waals surface area contributed by atoms with E-state index >= 15 is 0 Å². The van der Waals surface area contributed by atoms with Gasteiger partial charge in [0.25, 0.3) is 6.48 Å². The fourth-order valence-corrected chi connectivity index (χ4v) is 1.66. The largest absolute Gasteiger partial charge is 0.301 e. The Morgan fingerprint density at radius 1 is 0.632 bits per heavy atom. The predicted octanol–water partition coefficient (Wildman–Crippen LogP) is 6.88. The van der Waals surface area contributed by atoms with Gasteiger partial charge in [0, 0.05) is 0 Å². The summed E-state index contributed by atoms with van der Waals surface area (Å²) in [6, 6.07) is 0. The molecule has 0 radical (unpaired) electrons. The van der Waals surface area contributed by atoms with Crippen LogP contribution in [0.15, 0.2) is 0 Å². The minimum Gasteiger partial charge on any atom is -0.301 e. The lowest BCUT2D eigenvalue weighted by molar-refractivity contribution is -0.312. The molecule has 0 rings (SSSR count). The molecule has 0 saturated carbocycles. The Morgan fingerprint density at radius 2 is 0.842 bits per heavy atom. The quantitative estimate of drug-likeness (QED) is 0.199. The molecule has 0 N–H and O–H groups in total. The van der Waals surface area contributed by atoms with Gasteiger partial charge in [-0.05, 0) is 115 Å². The van der Waals surface area contributed by atoms with Crippen LogP contribution in [0.3, 0.4) is 0 Å². The Kier molecular flexibility index (Phi) is 10.5. The molecule has 0 atom stereocenters. The van der Waals surface area contributed by atoms with E-state index in [4.69, 9.17) is 14.2 Å². The molecule has 0 aliphatic rings. The summed E-state index contributed by atoms with van der Waals surface area (Å²) in [7, 11) is 0. The lowest BCUT2D eigenvalue weighted by Crippen LogP contribution is -2.37. The highest BCUT2D eigenvalue weighted by Crippen LogP contribution is 2.41. The van der Waals surface area contributed by atoms with E-state index in [1.54, 1.807) is 0 Å². The zero-order chi connectivity index (χ0) is 15.3. The molecular weight excluding hydrogens is 648 g/mol. The lowest BCUT2D eigenvalue weighted by Gasteiger charge is -2.34. The van der Waals surface area contributed by atoms with Crippen LogP contribution in [-0.2, 0) is 14.2 Å². The number of alkyl halides is 6. The van der Waals surface area contributed by atoms with Gasteiger partial charge in [-0.25, -0.2) is 0 Å². The first-order chi connectivity index (χ1) is 8.47. The van der Waals surface area contributed by atoms with E-state index in [1.807, 2.05) is 20.8 Å². The van der Waals surface area contributed by atoms with Gasteiger partial charge in [-0.2, -0.15) is 0 Å². The number of rotatable bonds is 9. The molecule has 0 amide bonds. The van der Waals surface area contributed by atoms with Crippen LogP contribution in [0.2, 0.25) is 0 Å². The van der Waals surface area contributed by atoms with Crippen molar-refractivity contribution in [2.45, 2.75) is 56.8 Å². The van der Waals surface area contributed by atoms with Crippen molar-refractivity contribution in [3.8, 4) is 0 Å². The summed E-state index contributed by atoms with van der Waals surface area (Å²) in [5.41, 5.74) is 0. The maximum absolute atomic E-state index is 5.73. The third kappa shape index (κ3) is 10.2. The first-order valence-electron chi connectivity index (χ1n) is 5.64. The van der Waals surface area contributed by atoms with Crippen molar-refractivity contribution in [1.82, 2.24) is 0 Å². The molecule has 0 aliphatic carbocycles. The van der Waals surface area contributed by atoms with Gasteiger partial charge in [0.05, 0.1) is 0 Å². The SMILES string of the molecule is CCC(Br)(Br)OC(OC(Br)(Br)CC)OC(Br)(Br)CC. The number of ether oxygens (including phenoxy) is 3. The molecule has 0 unspecified atom stereocenters. The van der Waals surface area contributed by atoms with Crippen LogP contribution in [0.5, 0.6) is 0 Å². The summed E-state index contributed by atoms with van der Waals surface area (Å²) in [6.45, 7) is 4.98. The molecule has 19 heavy (non-hydrogen) atoms. The first-order valence-corrected chi connectivity index (χ1v) is 10.4. The van der Waals surface area contributed by atoms with Crippen molar-refractivity contribution in [2.24, 2.45) is 0 Å². The van der Waals surface area contributed by atoms with Gasteiger partial charge in [0.1, 0.15) is 0 Å². The summed E-state index contributed by atoms with van der Waals surface area (Å²) >= 11 is 20.5. The van der Waals surface area contributed by atoms with E-state index in [1.165, 1.54) is 0 Å². The molecule has 0 fully saturated rings. The summed E-state index contributed by atoms with van der Waals surface area (Å²) in [5, 5.41) is 0. The standard InChI is InChI=1S/C10H16Br6O3/c1-4-8(11,12)17-7(18-9(13,14)5-2)19-10(15,16)6-3/h7H,4-6H2,1-3H3. The van der Waals surface area contributed by atoms with Crippen LogP contribution in [0.25, 0.3) is 0 Å². The normalized spacial score (nSPS) is 14.2. The van der Waals surface area contributed by atoms with Crippen LogP contribution >= 0.6 is 95.6 Å². The minimum atomic E-state index is -0.906. The molecule has 0 aromatic rings. The van der Waals surface area contributed by atoms with Crippen molar-refractivity contribution in [3.05, 3.63) is 0 Å². The molecule has 0 aromatic carbocycles. The van der Waals surface area contributed by atoms with E-state index in [-0.39, 0.29) is 0 Å². The Morgan fingerprint density at radius 3 is 1.00 bits per heavy atom. The smallest absolute Gasteiger partial charge is 0.277 e. The van der Waals surface area contributed by atoms with Gasteiger partial charge in [-0.1, -0.05) is 20.8 Å². The second-order valence-corrected chi connectivity index (χ2v) is 14.5. The molecule has 0 aromatic heterocycles. The van der Waals surface area contributed by atoms with Crippen molar-refractivity contribution >= 4 is 95.6 Å². The molecule has 0 saturated heterocycles. The minimum absolute atomic E-state index is 0.684. The van der Waals surface area contributed by atoms with Gasteiger partial charge in [0.15, 0.2) is 10.3 Å². The van der Waals surface area contributed by atoms with Gasteiger partial charge < -0.3 is 14.2 Å². The first kappa shape index (κ1) is 21.8. The van der Waals surface area contributed by atoms with E-state index in [2.05, 4.69) is 95.6 Å². The zero-order valence-corrected chi connectivity index (χ0v) is 20.2. The third-order valence-corrected chi connectivity index (χ3v) is 6.53. The van der Waals surface area contributed by atoms with Crippen molar-refractivity contribution in [3.63, 3.8) is 0 Å². The number of halogens is 6. The van der Waals surface area contributed by atoms with Crippen LogP contribution in [0, 0.1) is 0 Å². The highest BCUT2D eigenvalue weighted by atomic mass is 79.9. The van der Waals surface area contributed by atoms with E-state index in [9.17, 15) is 0 Å². The molecule has 0 heterocycles. The summed E-state index contributed by atoms with van der Waals surface area (Å²) < 4.78 is 15.1. The number of hydrogen-bond acceptors (Lipinski definition) is 3. The predicted molar refractivity (Wildman–Crippen MR) is 99.7 cm³/mol. The molecule has 116 valence electrons. The second-order valence-electron chi connectivity index (χ2n) is 3.61. The molecule has 0 aliphatic heterocycles. The summed E-state index contributed by atoms with van der Waals surface area (Å²) in [4.78, 5) is 0. The van der Waals surface area contributed by atoms with Crippen molar-refractivity contribution in [2.75, 3.05) is 0 Å². The summed E-state index contributed by atoms with van der Waals surface area (Å²) in [6.07, 6.45) is 2.05. The lowest BCUT2D eigenvalue weighted by atomic mass is 10.5. The van der Waals surface area contributed by atoms with Gasteiger partial charge in [0.2, 0.25) is 0 Å². The van der Waals surface area contributed by atoms with E-state index in [0.29, 0.717) is 19.3 Å². The maximum atomic E-state index is 5.73. The van der Waals surface area contributed by atoms with Crippen molar-refractivity contribution in [1.29, 1.82) is 0 Å².